The molecule has 0 saturated carbocycles. The monoisotopic (exact) mass is 513 g/mol. The van der Waals surface area contributed by atoms with Gasteiger partial charge in [0.15, 0.2) is 5.96 Å². The van der Waals surface area contributed by atoms with E-state index in [0.29, 0.717) is 13.2 Å². The topological polar surface area (TPSA) is 54.9 Å². The van der Waals surface area contributed by atoms with Gasteiger partial charge in [0.1, 0.15) is 12.4 Å². The van der Waals surface area contributed by atoms with E-state index in [1.165, 1.54) is 0 Å². The predicted molar refractivity (Wildman–Crippen MR) is 115 cm³/mol. The van der Waals surface area contributed by atoms with Gasteiger partial charge in [0.25, 0.3) is 0 Å². The Morgan fingerprint density at radius 2 is 1.83 bits per heavy atom. The summed E-state index contributed by atoms with van der Waals surface area (Å²) in [4.78, 5) is 4.54. The van der Waals surface area contributed by atoms with Gasteiger partial charge in [-0.1, -0.05) is 15.9 Å². The summed E-state index contributed by atoms with van der Waals surface area (Å²) in [6.07, 6.45) is 2.08. The van der Waals surface area contributed by atoms with Crippen molar-refractivity contribution in [2.45, 2.75) is 26.7 Å². The summed E-state index contributed by atoms with van der Waals surface area (Å²) in [5.41, 5.74) is 0. The second-order valence-corrected chi connectivity index (χ2v) is 5.81. The fraction of sp³-hybridized carbons (Fsp3) is 0.588. The lowest BCUT2D eigenvalue weighted by atomic mass is 10.3. The lowest BCUT2D eigenvalue weighted by Gasteiger charge is -2.12. The van der Waals surface area contributed by atoms with E-state index < -0.39 is 0 Å². The molecule has 0 bridgehead atoms. The molecule has 0 amide bonds. The van der Waals surface area contributed by atoms with Crippen LogP contribution in [0.4, 0.5) is 0 Å². The molecule has 138 valence electrons. The van der Waals surface area contributed by atoms with E-state index >= 15 is 0 Å². The van der Waals surface area contributed by atoms with E-state index in [4.69, 9.17) is 9.47 Å². The molecule has 1 aromatic rings. The van der Waals surface area contributed by atoms with E-state index in [1.54, 1.807) is 0 Å². The summed E-state index contributed by atoms with van der Waals surface area (Å²) in [6.45, 7) is 8.63. The molecule has 1 aromatic carbocycles. The van der Waals surface area contributed by atoms with Gasteiger partial charge in [0.05, 0.1) is 6.54 Å². The summed E-state index contributed by atoms with van der Waals surface area (Å²) >= 11 is 3.41. The van der Waals surface area contributed by atoms with Crippen molar-refractivity contribution in [3.05, 3.63) is 28.7 Å². The van der Waals surface area contributed by atoms with Gasteiger partial charge in [-0.3, -0.25) is 4.99 Å². The third-order valence-corrected chi connectivity index (χ3v) is 3.52. The Morgan fingerprint density at radius 1 is 1.08 bits per heavy atom. The number of benzene rings is 1. The van der Waals surface area contributed by atoms with E-state index in [1.807, 2.05) is 31.2 Å². The zero-order chi connectivity index (χ0) is 16.8. The maximum absolute atomic E-state index is 5.68. The number of nitrogens with zero attached hydrogens (tertiary/aromatic N) is 1. The molecule has 0 radical (unpaired) electrons. The van der Waals surface area contributed by atoms with Crippen LogP contribution in [0.1, 0.15) is 26.7 Å². The number of hydrogen-bond donors (Lipinski definition) is 2. The quantitative estimate of drug-likeness (QED) is 0.204. The summed E-state index contributed by atoms with van der Waals surface area (Å²) in [6, 6.07) is 7.83. The van der Waals surface area contributed by atoms with Gasteiger partial charge in [0, 0.05) is 30.8 Å². The number of halogens is 2. The molecular formula is C17H29BrIN3O2. The number of rotatable bonds is 11. The first-order valence-electron chi connectivity index (χ1n) is 8.24. The van der Waals surface area contributed by atoms with Crippen molar-refractivity contribution >= 4 is 45.9 Å². The molecule has 0 aliphatic heterocycles. The van der Waals surface area contributed by atoms with Crippen LogP contribution in [0.3, 0.4) is 0 Å². The Kier molecular flexibility index (Phi) is 15.6. The van der Waals surface area contributed by atoms with Crippen molar-refractivity contribution in [3.8, 4) is 5.75 Å². The van der Waals surface area contributed by atoms with Crippen molar-refractivity contribution < 1.29 is 9.47 Å². The molecule has 0 heterocycles. The summed E-state index contributed by atoms with van der Waals surface area (Å²) in [5.74, 6) is 1.70. The Balaban J connectivity index is 0.00000529. The van der Waals surface area contributed by atoms with Crippen LogP contribution in [-0.2, 0) is 4.74 Å². The molecule has 0 spiro atoms. The lowest BCUT2D eigenvalue weighted by Crippen LogP contribution is -2.39. The molecular weight excluding hydrogens is 485 g/mol. The van der Waals surface area contributed by atoms with Gasteiger partial charge >= 0.3 is 0 Å². The van der Waals surface area contributed by atoms with Gasteiger partial charge in [-0.15, -0.1) is 24.0 Å². The Labute approximate surface area is 171 Å². The van der Waals surface area contributed by atoms with Gasteiger partial charge in [-0.2, -0.15) is 0 Å². The Morgan fingerprint density at radius 3 is 2.50 bits per heavy atom. The van der Waals surface area contributed by atoms with Crippen LogP contribution in [-0.4, -0.2) is 45.4 Å². The summed E-state index contributed by atoms with van der Waals surface area (Å²) in [5, 5.41) is 6.51. The fourth-order valence-corrected chi connectivity index (χ4v) is 2.13. The van der Waals surface area contributed by atoms with Crippen molar-refractivity contribution in [3.63, 3.8) is 0 Å². The molecule has 0 aliphatic rings. The second kappa shape index (κ2) is 16.0. The van der Waals surface area contributed by atoms with Crippen molar-refractivity contribution in [1.82, 2.24) is 10.6 Å². The molecule has 0 saturated heterocycles. The van der Waals surface area contributed by atoms with E-state index in [2.05, 4.69) is 38.5 Å². The first-order chi connectivity index (χ1) is 11.3. The van der Waals surface area contributed by atoms with Crippen LogP contribution in [0, 0.1) is 0 Å². The first kappa shape index (κ1) is 23.5. The average molecular weight is 514 g/mol. The minimum absolute atomic E-state index is 0. The van der Waals surface area contributed by atoms with Crippen LogP contribution in [0.25, 0.3) is 0 Å². The third-order valence-electron chi connectivity index (χ3n) is 2.99. The first-order valence-corrected chi connectivity index (χ1v) is 9.03. The normalized spacial score (nSPS) is 10.9. The van der Waals surface area contributed by atoms with Gasteiger partial charge in [-0.05, 0) is 51.0 Å². The zero-order valence-electron chi connectivity index (χ0n) is 14.5. The number of unbranched alkanes of at least 4 members (excludes halogenated alkanes) is 1. The standard InChI is InChI=1S/C17H28BrN3O2.HI/c1-3-19-17(20-11-5-6-13-22-4-2)21-12-14-23-16-9-7-15(18)8-10-16;/h7-10H,3-6,11-14H2,1-2H3,(H2,19,20,21);1H. The zero-order valence-corrected chi connectivity index (χ0v) is 18.4. The SMILES string of the molecule is CCNC(=NCCCCOCC)NCCOc1ccc(Br)cc1.I. The minimum Gasteiger partial charge on any atom is -0.492 e. The number of hydrogen-bond acceptors (Lipinski definition) is 3. The van der Waals surface area contributed by atoms with E-state index in [0.717, 1.165) is 55.3 Å². The highest BCUT2D eigenvalue weighted by Crippen LogP contribution is 2.15. The molecule has 1 rings (SSSR count). The van der Waals surface area contributed by atoms with Crippen LogP contribution < -0.4 is 15.4 Å². The maximum atomic E-state index is 5.68. The van der Waals surface area contributed by atoms with Crippen molar-refractivity contribution in [2.24, 2.45) is 4.99 Å². The minimum atomic E-state index is 0. The largest absolute Gasteiger partial charge is 0.492 e. The number of nitrogens with one attached hydrogen (secondary N) is 2. The maximum Gasteiger partial charge on any atom is 0.191 e. The van der Waals surface area contributed by atoms with Crippen molar-refractivity contribution in [1.29, 1.82) is 0 Å². The number of aliphatic imine (C=N–C) groups is 1. The molecule has 0 fully saturated rings. The predicted octanol–water partition coefficient (Wildman–Crippen LogP) is 3.82. The third kappa shape index (κ3) is 11.9. The van der Waals surface area contributed by atoms with Crippen LogP contribution in [0.2, 0.25) is 0 Å². The van der Waals surface area contributed by atoms with Crippen molar-refractivity contribution in [2.75, 3.05) is 39.5 Å². The van der Waals surface area contributed by atoms with Gasteiger partial charge < -0.3 is 20.1 Å². The highest BCUT2D eigenvalue weighted by molar-refractivity contribution is 14.0. The molecule has 0 aromatic heterocycles. The summed E-state index contributed by atoms with van der Waals surface area (Å²) in [7, 11) is 0. The Hall–Kier alpha value is -0.540. The van der Waals surface area contributed by atoms with Gasteiger partial charge in [0.2, 0.25) is 0 Å². The molecule has 5 nitrogen and oxygen atoms in total. The fourth-order valence-electron chi connectivity index (χ4n) is 1.86. The summed E-state index contributed by atoms with van der Waals surface area (Å²) < 4.78 is 12.0. The highest BCUT2D eigenvalue weighted by atomic mass is 127. The Bertz CT molecular complexity index is 444. The van der Waals surface area contributed by atoms with Crippen LogP contribution >= 0.6 is 39.9 Å². The molecule has 0 aliphatic carbocycles. The van der Waals surface area contributed by atoms with E-state index in [-0.39, 0.29) is 24.0 Å². The van der Waals surface area contributed by atoms with Crippen LogP contribution in [0.15, 0.2) is 33.7 Å². The van der Waals surface area contributed by atoms with Gasteiger partial charge in [-0.25, -0.2) is 0 Å². The van der Waals surface area contributed by atoms with E-state index in [9.17, 15) is 0 Å². The molecule has 7 heteroatoms. The highest BCUT2D eigenvalue weighted by Gasteiger charge is 1.98. The second-order valence-electron chi connectivity index (χ2n) is 4.89. The number of ether oxygens (including phenoxy) is 2. The lowest BCUT2D eigenvalue weighted by molar-refractivity contribution is 0.144. The molecule has 0 atom stereocenters. The molecule has 0 unspecified atom stereocenters. The molecule has 2 N–H and O–H groups in total. The smallest absolute Gasteiger partial charge is 0.191 e. The molecule has 24 heavy (non-hydrogen) atoms. The average Bonchev–Trinajstić information content (AvgIpc) is 2.56. The van der Waals surface area contributed by atoms with Crippen LogP contribution in [0.5, 0.6) is 5.75 Å². The number of guanidine groups is 1.